The number of nitrogens with one attached hydrogen (secondary N) is 1. The molecule has 0 saturated heterocycles. The first kappa shape index (κ1) is 18.9. The lowest BCUT2D eigenvalue weighted by molar-refractivity contribution is -0.142. The number of ether oxygens (including phenoxy) is 2. The van der Waals surface area contributed by atoms with Crippen molar-refractivity contribution < 1.29 is 19.1 Å². The molecule has 0 aliphatic carbocycles. The first-order valence-corrected chi connectivity index (χ1v) is 8.72. The van der Waals surface area contributed by atoms with Crippen LogP contribution >= 0.6 is 0 Å². The van der Waals surface area contributed by atoms with Crippen molar-refractivity contribution in [2.45, 2.75) is 0 Å². The number of rotatable bonds is 7. The van der Waals surface area contributed by atoms with Gasteiger partial charge < -0.3 is 14.8 Å². The third-order valence-corrected chi connectivity index (χ3v) is 3.67. The predicted octanol–water partition coefficient (Wildman–Crippen LogP) is 4.67. The van der Waals surface area contributed by atoms with Gasteiger partial charge in [0, 0.05) is 11.8 Å². The lowest BCUT2D eigenvalue weighted by Gasteiger charge is -2.08. The first-order valence-electron chi connectivity index (χ1n) is 8.72. The van der Waals surface area contributed by atoms with E-state index in [2.05, 4.69) is 5.32 Å². The molecule has 0 aliphatic heterocycles. The Morgan fingerprint density at radius 2 is 1.39 bits per heavy atom. The third-order valence-electron chi connectivity index (χ3n) is 3.67. The average Bonchev–Trinajstić information content (AvgIpc) is 2.74. The summed E-state index contributed by atoms with van der Waals surface area (Å²) in [7, 11) is 0. The number of para-hydroxylation sites is 1. The van der Waals surface area contributed by atoms with Gasteiger partial charge in [0.05, 0.1) is 0 Å². The molecular weight excluding hydrogens is 354 g/mol. The fourth-order valence-electron chi connectivity index (χ4n) is 2.34. The molecule has 1 amide bonds. The van der Waals surface area contributed by atoms with Gasteiger partial charge in [-0.25, -0.2) is 4.79 Å². The highest BCUT2D eigenvalue weighted by molar-refractivity contribution is 5.94. The highest BCUT2D eigenvalue weighted by atomic mass is 16.5. The van der Waals surface area contributed by atoms with Gasteiger partial charge in [-0.05, 0) is 48.0 Å². The van der Waals surface area contributed by atoms with E-state index in [0.29, 0.717) is 11.4 Å². The van der Waals surface area contributed by atoms with Gasteiger partial charge in [0.2, 0.25) is 0 Å². The molecule has 0 fully saturated rings. The van der Waals surface area contributed by atoms with E-state index in [9.17, 15) is 9.59 Å². The predicted molar refractivity (Wildman–Crippen MR) is 108 cm³/mol. The van der Waals surface area contributed by atoms with E-state index in [-0.39, 0.29) is 6.61 Å². The Bertz CT molecular complexity index is 935. The zero-order valence-electron chi connectivity index (χ0n) is 15.1. The average molecular weight is 373 g/mol. The van der Waals surface area contributed by atoms with Crippen LogP contribution in [0.15, 0.2) is 91.0 Å². The van der Waals surface area contributed by atoms with Crippen molar-refractivity contribution in [1.29, 1.82) is 0 Å². The summed E-state index contributed by atoms with van der Waals surface area (Å²) in [5.41, 5.74) is 1.46. The maximum absolute atomic E-state index is 11.9. The third kappa shape index (κ3) is 6.14. The monoisotopic (exact) mass is 373 g/mol. The molecule has 0 atom stereocenters. The van der Waals surface area contributed by atoms with Crippen molar-refractivity contribution in [3.8, 4) is 11.5 Å². The van der Waals surface area contributed by atoms with E-state index in [0.717, 1.165) is 11.3 Å². The van der Waals surface area contributed by atoms with E-state index < -0.39 is 11.9 Å². The molecule has 5 heteroatoms. The van der Waals surface area contributed by atoms with Crippen LogP contribution in [0.25, 0.3) is 6.08 Å². The normalized spacial score (nSPS) is 10.4. The number of amides is 1. The largest absolute Gasteiger partial charge is 0.457 e. The Labute approximate surface area is 163 Å². The minimum Gasteiger partial charge on any atom is -0.457 e. The number of esters is 1. The van der Waals surface area contributed by atoms with Gasteiger partial charge in [0.1, 0.15) is 11.5 Å². The summed E-state index contributed by atoms with van der Waals surface area (Å²) < 4.78 is 10.6. The zero-order valence-corrected chi connectivity index (χ0v) is 15.1. The van der Waals surface area contributed by atoms with Crippen LogP contribution in [0.3, 0.4) is 0 Å². The number of benzene rings is 3. The lowest BCUT2D eigenvalue weighted by atomic mass is 10.2. The Morgan fingerprint density at radius 3 is 2.07 bits per heavy atom. The summed E-state index contributed by atoms with van der Waals surface area (Å²) in [4.78, 5) is 23.6. The quantitative estimate of drug-likeness (QED) is 0.483. The van der Waals surface area contributed by atoms with Crippen molar-refractivity contribution in [2.24, 2.45) is 0 Å². The summed E-state index contributed by atoms with van der Waals surface area (Å²) in [6.45, 7) is -0.361. The summed E-state index contributed by atoms with van der Waals surface area (Å²) in [5, 5.41) is 2.67. The van der Waals surface area contributed by atoms with Crippen molar-refractivity contribution in [1.82, 2.24) is 0 Å². The molecule has 1 N–H and O–H groups in total. The maximum atomic E-state index is 11.9. The summed E-state index contributed by atoms with van der Waals surface area (Å²) in [6, 6.07) is 25.7. The maximum Gasteiger partial charge on any atom is 0.331 e. The number of anilines is 1. The summed E-state index contributed by atoms with van der Waals surface area (Å²) in [6.07, 6.45) is 2.92. The number of carbonyl (C=O) groups is 2. The second-order valence-corrected chi connectivity index (χ2v) is 5.84. The van der Waals surface area contributed by atoms with E-state index >= 15 is 0 Å². The van der Waals surface area contributed by atoms with Crippen molar-refractivity contribution in [3.05, 3.63) is 96.6 Å². The minimum atomic E-state index is -0.578. The molecule has 0 aromatic heterocycles. The summed E-state index contributed by atoms with van der Waals surface area (Å²) in [5.74, 6) is 0.389. The van der Waals surface area contributed by atoms with Gasteiger partial charge in [0.25, 0.3) is 5.91 Å². The molecule has 5 nitrogen and oxygen atoms in total. The standard InChI is InChI=1S/C23H19NO4/c25-22(17-27-23(26)16-11-18-7-3-1-4-8-18)24-19-12-14-21(15-13-19)28-20-9-5-2-6-10-20/h1-16H,17H2,(H,24,25). The molecule has 0 saturated carbocycles. The molecule has 0 heterocycles. The van der Waals surface area contributed by atoms with E-state index in [1.165, 1.54) is 6.08 Å². The van der Waals surface area contributed by atoms with Gasteiger partial charge >= 0.3 is 5.97 Å². The number of hydrogen-bond acceptors (Lipinski definition) is 4. The van der Waals surface area contributed by atoms with Gasteiger partial charge in [-0.15, -0.1) is 0 Å². The molecule has 0 radical (unpaired) electrons. The Hall–Kier alpha value is -3.86. The molecule has 0 spiro atoms. The zero-order chi connectivity index (χ0) is 19.6. The fraction of sp³-hybridized carbons (Fsp3) is 0.0435. The van der Waals surface area contributed by atoms with Crippen LogP contribution in [0.4, 0.5) is 5.69 Å². The SMILES string of the molecule is O=C(COC(=O)C=Cc1ccccc1)Nc1ccc(Oc2ccccc2)cc1. The van der Waals surface area contributed by atoms with E-state index in [4.69, 9.17) is 9.47 Å². The second-order valence-electron chi connectivity index (χ2n) is 5.84. The number of carbonyl (C=O) groups excluding carboxylic acids is 2. The Kier molecular flexibility index (Phi) is 6.57. The molecule has 0 bridgehead atoms. The van der Waals surface area contributed by atoms with Crippen LogP contribution < -0.4 is 10.1 Å². The van der Waals surface area contributed by atoms with Crippen LogP contribution in [-0.4, -0.2) is 18.5 Å². The smallest absolute Gasteiger partial charge is 0.331 e. The summed E-state index contributed by atoms with van der Waals surface area (Å²) >= 11 is 0. The minimum absolute atomic E-state index is 0.361. The molecule has 140 valence electrons. The Morgan fingerprint density at radius 1 is 0.786 bits per heavy atom. The van der Waals surface area contributed by atoms with Crippen LogP contribution in [0.5, 0.6) is 11.5 Å². The number of hydrogen-bond donors (Lipinski definition) is 1. The van der Waals surface area contributed by atoms with Crippen LogP contribution in [0.2, 0.25) is 0 Å². The van der Waals surface area contributed by atoms with Crippen LogP contribution in [0.1, 0.15) is 5.56 Å². The van der Waals surface area contributed by atoms with Crippen LogP contribution in [0, 0.1) is 0 Å². The van der Waals surface area contributed by atoms with Gasteiger partial charge in [0.15, 0.2) is 6.61 Å². The molecule has 3 rings (SSSR count). The van der Waals surface area contributed by atoms with Gasteiger partial charge in [-0.2, -0.15) is 0 Å². The van der Waals surface area contributed by atoms with Crippen molar-refractivity contribution in [3.63, 3.8) is 0 Å². The van der Waals surface area contributed by atoms with Crippen molar-refractivity contribution in [2.75, 3.05) is 11.9 Å². The van der Waals surface area contributed by atoms with Gasteiger partial charge in [-0.1, -0.05) is 48.5 Å². The van der Waals surface area contributed by atoms with Gasteiger partial charge in [-0.3, -0.25) is 4.79 Å². The first-order chi connectivity index (χ1) is 13.7. The van der Waals surface area contributed by atoms with E-state index in [1.807, 2.05) is 60.7 Å². The molecule has 0 aliphatic rings. The molecule has 0 unspecified atom stereocenters. The molecular formula is C23H19NO4. The second kappa shape index (κ2) is 9.73. The Balaban J connectivity index is 1.44. The van der Waals surface area contributed by atoms with E-state index in [1.54, 1.807) is 30.3 Å². The highest BCUT2D eigenvalue weighted by Gasteiger charge is 2.06. The van der Waals surface area contributed by atoms with Crippen molar-refractivity contribution >= 4 is 23.6 Å². The van der Waals surface area contributed by atoms with Crippen LogP contribution in [-0.2, 0) is 14.3 Å². The topological polar surface area (TPSA) is 64.6 Å². The lowest BCUT2D eigenvalue weighted by Crippen LogP contribution is -2.20. The fourth-order valence-corrected chi connectivity index (χ4v) is 2.34. The molecule has 3 aromatic rings. The molecule has 3 aromatic carbocycles. The highest BCUT2D eigenvalue weighted by Crippen LogP contribution is 2.22. The molecule has 28 heavy (non-hydrogen) atoms.